The van der Waals surface area contributed by atoms with E-state index in [1.807, 2.05) is 0 Å². The maximum absolute atomic E-state index is 2.46. The molecule has 60 heavy (non-hydrogen) atoms. The number of hydrogen-bond acceptors (Lipinski definition) is 2. The Labute approximate surface area is 354 Å². The van der Waals surface area contributed by atoms with E-state index in [-0.39, 0.29) is 0 Å². The Kier molecular flexibility index (Phi) is 8.99. The summed E-state index contributed by atoms with van der Waals surface area (Å²) in [5.74, 6) is 0. The molecule has 0 saturated heterocycles. The van der Waals surface area contributed by atoms with Crippen LogP contribution in [0.4, 0.5) is 34.1 Å². The Balaban J connectivity index is 1.27. The Morgan fingerprint density at radius 3 is 0.833 bits per heavy atom. The van der Waals surface area contributed by atoms with E-state index in [1.54, 1.807) is 0 Å². The first-order valence-electron chi connectivity index (χ1n) is 21.2. The van der Waals surface area contributed by atoms with Gasteiger partial charge in [-0.25, -0.2) is 0 Å². The fourth-order valence-electron chi connectivity index (χ4n) is 9.97. The third-order valence-corrected chi connectivity index (χ3v) is 12.7. The molecule has 0 amide bonds. The minimum Gasteiger partial charge on any atom is -0.310 e. The normalized spacial score (nSPS) is 11.7. The van der Waals surface area contributed by atoms with E-state index in [0.29, 0.717) is 0 Å². The van der Waals surface area contributed by atoms with E-state index in [2.05, 4.69) is 223 Å². The molecule has 0 heterocycles. The van der Waals surface area contributed by atoms with E-state index in [1.165, 1.54) is 121 Å². The summed E-state index contributed by atoms with van der Waals surface area (Å²) in [6.45, 7) is 17.6. The van der Waals surface area contributed by atoms with Crippen molar-refractivity contribution in [1.82, 2.24) is 0 Å². The van der Waals surface area contributed by atoms with Gasteiger partial charge in [-0.1, -0.05) is 131 Å². The second-order valence-corrected chi connectivity index (χ2v) is 17.1. The van der Waals surface area contributed by atoms with Crippen LogP contribution in [0.3, 0.4) is 0 Å². The van der Waals surface area contributed by atoms with Gasteiger partial charge in [0, 0.05) is 34.1 Å². The highest BCUT2D eigenvalue weighted by Crippen LogP contribution is 2.48. The van der Waals surface area contributed by atoms with Crippen molar-refractivity contribution in [3.8, 4) is 0 Å². The van der Waals surface area contributed by atoms with Gasteiger partial charge in [0.15, 0.2) is 0 Å². The molecular formula is C58H50N2. The van der Waals surface area contributed by atoms with Gasteiger partial charge in [0.25, 0.3) is 0 Å². The van der Waals surface area contributed by atoms with E-state index in [9.17, 15) is 0 Å². The number of rotatable bonds is 6. The van der Waals surface area contributed by atoms with Crippen LogP contribution in [0.15, 0.2) is 158 Å². The van der Waals surface area contributed by atoms with Crippen molar-refractivity contribution < 1.29 is 0 Å². The summed E-state index contributed by atoms with van der Waals surface area (Å²) in [5.41, 5.74) is 17.2. The smallest absolute Gasteiger partial charge is 0.0491 e. The van der Waals surface area contributed by atoms with Crippen LogP contribution in [0.5, 0.6) is 0 Å². The molecule has 0 spiro atoms. The third kappa shape index (κ3) is 6.09. The number of aryl methyl sites for hydroxylation is 8. The summed E-state index contributed by atoms with van der Waals surface area (Å²) < 4.78 is 0. The van der Waals surface area contributed by atoms with Gasteiger partial charge in [-0.05, 0) is 180 Å². The quantitative estimate of drug-likeness (QED) is 0.155. The lowest BCUT2D eigenvalue weighted by Gasteiger charge is -2.30. The molecule has 2 nitrogen and oxygen atoms in total. The van der Waals surface area contributed by atoms with E-state index < -0.39 is 0 Å². The minimum atomic E-state index is 1.15. The maximum atomic E-state index is 2.46. The summed E-state index contributed by atoms with van der Waals surface area (Å²) in [5, 5.41) is 12.7. The minimum absolute atomic E-state index is 1.15. The molecule has 0 bridgehead atoms. The van der Waals surface area contributed by atoms with Gasteiger partial charge in [-0.15, -0.1) is 0 Å². The number of anilines is 6. The van der Waals surface area contributed by atoms with E-state index in [0.717, 1.165) is 11.4 Å². The van der Waals surface area contributed by atoms with Crippen molar-refractivity contribution in [2.45, 2.75) is 55.4 Å². The monoisotopic (exact) mass is 774 g/mol. The highest BCUT2D eigenvalue weighted by atomic mass is 15.2. The average Bonchev–Trinajstić information content (AvgIpc) is 3.23. The zero-order valence-corrected chi connectivity index (χ0v) is 35.9. The van der Waals surface area contributed by atoms with Crippen LogP contribution in [0.25, 0.3) is 53.9 Å². The van der Waals surface area contributed by atoms with Gasteiger partial charge in [-0.3, -0.25) is 0 Å². The van der Waals surface area contributed by atoms with Crippen LogP contribution in [-0.4, -0.2) is 0 Å². The van der Waals surface area contributed by atoms with Crippen molar-refractivity contribution in [2.24, 2.45) is 0 Å². The molecule has 10 aromatic carbocycles. The molecule has 0 aliphatic heterocycles. The van der Waals surface area contributed by atoms with Crippen LogP contribution in [0.2, 0.25) is 0 Å². The average molecular weight is 775 g/mol. The van der Waals surface area contributed by atoms with Crippen LogP contribution < -0.4 is 9.80 Å². The molecule has 0 aromatic heterocycles. The van der Waals surface area contributed by atoms with Crippen LogP contribution in [0.1, 0.15) is 44.5 Å². The lowest BCUT2D eigenvalue weighted by atomic mass is 9.86. The standard InChI is InChI=1S/C58H50N2/c1-35-17-25-53(39(5)29-35)59(54-26-18-36(2)30-40(54)6)43-21-23-49-51(33-43)45-13-9-11-15-47(45)58-50-24-22-44(34-52(50)46-14-10-12-16-48(46)57(49)58)60(55-27-19-37(3)31-41(55)7)56-28-20-38(4)32-42(56)8/h9-34H,1-8H3. The molecular weight excluding hydrogens is 725 g/mol. The van der Waals surface area contributed by atoms with Gasteiger partial charge < -0.3 is 9.80 Å². The molecule has 10 rings (SSSR count). The fourth-order valence-corrected chi connectivity index (χ4v) is 9.97. The Hall–Kier alpha value is -6.90. The third-order valence-electron chi connectivity index (χ3n) is 12.7. The Morgan fingerprint density at radius 1 is 0.250 bits per heavy atom. The zero-order valence-electron chi connectivity index (χ0n) is 35.9. The molecule has 0 unspecified atom stereocenters. The number of fused-ring (bicyclic) bond motifs is 11. The fraction of sp³-hybridized carbons (Fsp3) is 0.138. The molecule has 0 radical (unpaired) electrons. The van der Waals surface area contributed by atoms with Gasteiger partial charge in [-0.2, -0.15) is 0 Å². The number of hydrogen-bond donors (Lipinski definition) is 0. The zero-order chi connectivity index (χ0) is 41.4. The Bertz CT molecular complexity index is 3040. The van der Waals surface area contributed by atoms with Gasteiger partial charge in [0.1, 0.15) is 0 Å². The highest BCUT2D eigenvalue weighted by Gasteiger charge is 2.23. The van der Waals surface area contributed by atoms with Crippen molar-refractivity contribution in [3.05, 3.63) is 202 Å². The Morgan fingerprint density at radius 2 is 0.533 bits per heavy atom. The highest BCUT2D eigenvalue weighted by molar-refractivity contribution is 6.39. The summed E-state index contributed by atoms with van der Waals surface area (Å²) in [4.78, 5) is 4.92. The summed E-state index contributed by atoms with van der Waals surface area (Å²) in [6.07, 6.45) is 0. The summed E-state index contributed by atoms with van der Waals surface area (Å²) in [7, 11) is 0. The molecule has 0 N–H and O–H groups in total. The molecule has 0 atom stereocenters. The molecule has 0 fully saturated rings. The molecule has 10 aromatic rings. The largest absolute Gasteiger partial charge is 0.310 e. The topological polar surface area (TPSA) is 6.48 Å². The first-order chi connectivity index (χ1) is 29.0. The lowest BCUT2D eigenvalue weighted by Crippen LogP contribution is -2.13. The lowest BCUT2D eigenvalue weighted by molar-refractivity contribution is 1.21. The molecule has 0 aliphatic rings. The first kappa shape index (κ1) is 37.4. The van der Waals surface area contributed by atoms with E-state index >= 15 is 0 Å². The van der Waals surface area contributed by atoms with Crippen molar-refractivity contribution >= 4 is 88.0 Å². The SMILES string of the molecule is Cc1ccc(N(c2ccc3c(c2)c2ccccc2c2c4ccc(N(c5ccc(C)cc5C)c5ccc(C)cc5C)cc4c4ccccc4c32)c2ccc(C)cc2C)c(C)c1. The maximum Gasteiger partial charge on any atom is 0.0491 e. The van der Waals surface area contributed by atoms with Crippen molar-refractivity contribution in [2.75, 3.05) is 9.80 Å². The van der Waals surface area contributed by atoms with Crippen molar-refractivity contribution in [3.63, 3.8) is 0 Å². The molecule has 0 aliphatic carbocycles. The van der Waals surface area contributed by atoms with Gasteiger partial charge in [0.05, 0.1) is 0 Å². The van der Waals surface area contributed by atoms with Crippen LogP contribution >= 0.6 is 0 Å². The second-order valence-electron chi connectivity index (χ2n) is 17.1. The van der Waals surface area contributed by atoms with Gasteiger partial charge >= 0.3 is 0 Å². The molecule has 0 saturated carbocycles. The predicted octanol–water partition coefficient (Wildman–Crippen LogP) is 16.9. The molecule has 292 valence electrons. The van der Waals surface area contributed by atoms with Crippen LogP contribution in [-0.2, 0) is 0 Å². The second kappa shape index (κ2) is 14.4. The summed E-state index contributed by atoms with van der Waals surface area (Å²) >= 11 is 0. The summed E-state index contributed by atoms with van der Waals surface area (Å²) in [6, 6.07) is 59.6. The predicted molar refractivity (Wildman–Crippen MR) is 261 cm³/mol. The molecule has 2 heteroatoms. The van der Waals surface area contributed by atoms with E-state index in [4.69, 9.17) is 0 Å². The number of nitrogens with zero attached hydrogens (tertiary/aromatic N) is 2. The van der Waals surface area contributed by atoms with Crippen molar-refractivity contribution in [1.29, 1.82) is 0 Å². The number of benzene rings is 10. The first-order valence-corrected chi connectivity index (χ1v) is 21.2. The van der Waals surface area contributed by atoms with Gasteiger partial charge in [0.2, 0.25) is 0 Å². The van der Waals surface area contributed by atoms with Crippen LogP contribution in [0, 0.1) is 55.4 Å².